The molecule has 0 atom stereocenters. The number of hydrogen-bond donors (Lipinski definition) is 0. The standard InChI is InChI=1S/C13H9NO3.C6H12O3/c15-13(10-4-2-1-3-5-10)11-6-8-12(9-7-11)14(16)17;1-5(7)8-9-6(2,3)4/h1-9H;1-4H3. The molecule has 0 amide bonds. The topological polar surface area (TPSA) is 95.7 Å². The van der Waals surface area contributed by atoms with Crippen molar-refractivity contribution in [1.82, 2.24) is 0 Å². The van der Waals surface area contributed by atoms with Gasteiger partial charge in [-0.3, -0.25) is 19.8 Å². The van der Waals surface area contributed by atoms with E-state index < -0.39 is 16.5 Å². The maximum absolute atomic E-state index is 12.0. The van der Waals surface area contributed by atoms with Crippen LogP contribution in [0, 0.1) is 10.1 Å². The van der Waals surface area contributed by atoms with E-state index in [2.05, 4.69) is 9.78 Å². The van der Waals surface area contributed by atoms with Gasteiger partial charge in [-0.25, -0.2) is 4.79 Å². The van der Waals surface area contributed by atoms with Crippen LogP contribution < -0.4 is 0 Å². The van der Waals surface area contributed by atoms with Crippen molar-refractivity contribution in [2.24, 2.45) is 0 Å². The molecule has 0 radical (unpaired) electrons. The molecule has 0 saturated carbocycles. The number of ketones is 1. The maximum Gasteiger partial charge on any atom is 0.339 e. The molecule has 0 fully saturated rings. The van der Waals surface area contributed by atoms with Crippen molar-refractivity contribution in [1.29, 1.82) is 0 Å². The Balaban J connectivity index is 0.000000321. The van der Waals surface area contributed by atoms with E-state index in [1.54, 1.807) is 45.0 Å². The minimum atomic E-state index is -0.489. The van der Waals surface area contributed by atoms with Gasteiger partial charge in [-0.2, -0.15) is 4.89 Å². The summed E-state index contributed by atoms with van der Waals surface area (Å²) in [5.41, 5.74) is 0.587. The van der Waals surface area contributed by atoms with E-state index >= 15 is 0 Å². The normalized spacial score (nSPS) is 10.3. The van der Waals surface area contributed by atoms with Crippen LogP contribution in [0.1, 0.15) is 43.6 Å². The molecule has 0 unspecified atom stereocenters. The van der Waals surface area contributed by atoms with Crippen molar-refractivity contribution in [2.45, 2.75) is 33.3 Å². The number of nitro benzene ring substituents is 1. The van der Waals surface area contributed by atoms with Crippen molar-refractivity contribution in [2.75, 3.05) is 0 Å². The van der Waals surface area contributed by atoms with Gasteiger partial charge in [0.15, 0.2) is 5.78 Å². The average Bonchev–Trinajstić information content (AvgIpc) is 2.60. The minimum Gasteiger partial charge on any atom is -0.298 e. The molecule has 2 rings (SSSR count). The van der Waals surface area contributed by atoms with Gasteiger partial charge in [0, 0.05) is 30.2 Å². The van der Waals surface area contributed by atoms with E-state index in [0.29, 0.717) is 11.1 Å². The van der Waals surface area contributed by atoms with Crippen molar-refractivity contribution in [3.63, 3.8) is 0 Å². The Kier molecular flexibility index (Phi) is 7.61. The predicted molar refractivity (Wildman–Crippen MR) is 95.6 cm³/mol. The minimum absolute atomic E-state index is 0.0189. The Morgan fingerprint density at radius 1 is 0.923 bits per heavy atom. The first kappa shape index (κ1) is 21.0. The summed E-state index contributed by atoms with van der Waals surface area (Å²) in [4.78, 5) is 41.0. The summed E-state index contributed by atoms with van der Waals surface area (Å²) in [6, 6.07) is 14.4. The van der Waals surface area contributed by atoms with Crippen LogP contribution in [0.2, 0.25) is 0 Å². The van der Waals surface area contributed by atoms with Gasteiger partial charge in [0.2, 0.25) is 0 Å². The summed E-state index contributed by atoms with van der Waals surface area (Å²) in [7, 11) is 0. The van der Waals surface area contributed by atoms with E-state index in [1.165, 1.54) is 31.2 Å². The zero-order chi connectivity index (χ0) is 19.7. The van der Waals surface area contributed by atoms with Crippen molar-refractivity contribution < 1.29 is 24.3 Å². The Morgan fingerprint density at radius 2 is 1.42 bits per heavy atom. The highest BCUT2D eigenvalue weighted by atomic mass is 17.2. The van der Waals surface area contributed by atoms with Gasteiger partial charge >= 0.3 is 5.97 Å². The van der Waals surface area contributed by atoms with Crippen LogP contribution in [0.3, 0.4) is 0 Å². The first-order chi connectivity index (χ1) is 12.1. The Bertz CT molecular complexity index is 748. The molecule has 0 aliphatic heterocycles. The van der Waals surface area contributed by atoms with Gasteiger partial charge in [0.25, 0.3) is 5.69 Å². The fourth-order valence-electron chi connectivity index (χ4n) is 1.67. The number of hydrogen-bond acceptors (Lipinski definition) is 6. The molecule has 0 aliphatic rings. The van der Waals surface area contributed by atoms with Crippen LogP contribution in [-0.2, 0) is 14.6 Å². The van der Waals surface area contributed by atoms with Gasteiger partial charge in [0.05, 0.1) is 4.92 Å². The highest BCUT2D eigenvalue weighted by Crippen LogP contribution is 2.15. The molecule has 0 aliphatic carbocycles. The van der Waals surface area contributed by atoms with Crippen LogP contribution in [0.4, 0.5) is 5.69 Å². The van der Waals surface area contributed by atoms with Gasteiger partial charge in [-0.15, -0.1) is 0 Å². The lowest BCUT2D eigenvalue weighted by atomic mass is 10.0. The first-order valence-electron chi connectivity index (χ1n) is 7.80. The lowest BCUT2D eigenvalue weighted by Crippen LogP contribution is -2.20. The lowest BCUT2D eigenvalue weighted by molar-refractivity contribution is -0.384. The Labute approximate surface area is 151 Å². The third-order valence-electron chi connectivity index (χ3n) is 2.79. The molecule has 0 bridgehead atoms. The smallest absolute Gasteiger partial charge is 0.298 e. The monoisotopic (exact) mass is 359 g/mol. The van der Waals surface area contributed by atoms with Gasteiger partial charge in [-0.1, -0.05) is 30.3 Å². The average molecular weight is 359 g/mol. The van der Waals surface area contributed by atoms with Gasteiger partial charge < -0.3 is 0 Å². The third-order valence-corrected chi connectivity index (χ3v) is 2.79. The predicted octanol–water partition coefficient (Wildman–Crippen LogP) is 4.11. The second-order valence-electron chi connectivity index (χ2n) is 6.27. The number of rotatable bonds is 4. The van der Waals surface area contributed by atoms with Crippen LogP contribution in [0.25, 0.3) is 0 Å². The van der Waals surface area contributed by atoms with E-state index in [0.717, 1.165) is 0 Å². The summed E-state index contributed by atoms with van der Waals surface area (Å²) in [6.07, 6.45) is 0. The fourth-order valence-corrected chi connectivity index (χ4v) is 1.67. The number of nitrogens with zero attached hydrogens (tertiary/aromatic N) is 1. The summed E-state index contributed by atoms with van der Waals surface area (Å²) in [5, 5.41) is 10.5. The highest BCUT2D eigenvalue weighted by Gasteiger charge is 2.13. The summed E-state index contributed by atoms with van der Waals surface area (Å²) < 4.78 is 0. The van der Waals surface area contributed by atoms with Crippen LogP contribution >= 0.6 is 0 Å². The molecule has 138 valence electrons. The second kappa shape index (κ2) is 9.43. The molecule has 2 aromatic carbocycles. The Hall–Kier alpha value is -3.06. The highest BCUT2D eigenvalue weighted by molar-refractivity contribution is 6.09. The largest absolute Gasteiger partial charge is 0.339 e. The number of carbonyl (C=O) groups is 2. The summed E-state index contributed by atoms with van der Waals surface area (Å²) in [6.45, 7) is 6.70. The Morgan fingerprint density at radius 3 is 1.81 bits per heavy atom. The van der Waals surface area contributed by atoms with Crippen molar-refractivity contribution in [3.05, 3.63) is 75.8 Å². The van der Waals surface area contributed by atoms with Gasteiger partial charge in [-0.05, 0) is 32.9 Å². The quantitative estimate of drug-likeness (QED) is 0.353. The van der Waals surface area contributed by atoms with Crippen LogP contribution in [-0.4, -0.2) is 22.3 Å². The maximum atomic E-state index is 12.0. The lowest BCUT2D eigenvalue weighted by Gasteiger charge is -2.15. The second-order valence-corrected chi connectivity index (χ2v) is 6.27. The van der Waals surface area contributed by atoms with E-state index in [4.69, 9.17) is 0 Å². The number of benzene rings is 2. The molecule has 0 aromatic heterocycles. The molecule has 0 spiro atoms. The first-order valence-corrected chi connectivity index (χ1v) is 7.80. The van der Waals surface area contributed by atoms with Crippen molar-refractivity contribution >= 4 is 17.4 Å². The SMILES string of the molecule is CC(=O)OOC(C)(C)C.O=C(c1ccccc1)c1ccc([N+](=O)[O-])cc1. The van der Waals surface area contributed by atoms with Crippen LogP contribution in [0.5, 0.6) is 0 Å². The molecule has 0 N–H and O–H groups in total. The molecule has 2 aromatic rings. The molecule has 7 nitrogen and oxygen atoms in total. The summed E-state index contributed by atoms with van der Waals surface area (Å²) in [5.74, 6) is -0.564. The zero-order valence-electron chi connectivity index (χ0n) is 15.1. The van der Waals surface area contributed by atoms with Crippen molar-refractivity contribution in [3.8, 4) is 0 Å². The number of carbonyl (C=O) groups excluding carboxylic acids is 2. The van der Waals surface area contributed by atoms with Crippen LogP contribution in [0.15, 0.2) is 54.6 Å². The third kappa shape index (κ3) is 7.67. The molecule has 7 heteroatoms. The number of non-ortho nitro benzene ring substituents is 1. The molecular weight excluding hydrogens is 338 g/mol. The van der Waals surface area contributed by atoms with Gasteiger partial charge in [0.1, 0.15) is 5.60 Å². The molecular formula is C19H21NO6. The fraction of sp³-hybridized carbons (Fsp3) is 0.263. The van der Waals surface area contributed by atoms with E-state index in [1.807, 2.05) is 6.07 Å². The van der Waals surface area contributed by atoms with E-state index in [9.17, 15) is 19.7 Å². The molecule has 0 saturated heterocycles. The molecule has 0 heterocycles. The van der Waals surface area contributed by atoms with E-state index in [-0.39, 0.29) is 11.5 Å². The summed E-state index contributed by atoms with van der Waals surface area (Å²) >= 11 is 0. The zero-order valence-corrected chi connectivity index (χ0v) is 15.1. The molecule has 26 heavy (non-hydrogen) atoms. The number of nitro groups is 1.